The molecule has 3 N–H and O–H groups in total. The molecule has 0 atom stereocenters. The Morgan fingerprint density at radius 1 is 1.35 bits per heavy atom. The van der Waals surface area contributed by atoms with Crippen LogP contribution in [0.2, 0.25) is 0 Å². The average Bonchev–Trinajstić information content (AvgIpc) is 2.85. The first-order valence-corrected chi connectivity index (χ1v) is 6.48. The van der Waals surface area contributed by atoms with Crippen molar-refractivity contribution in [2.75, 3.05) is 19.5 Å². The van der Waals surface area contributed by atoms with E-state index in [9.17, 15) is 4.79 Å². The fourth-order valence-electron chi connectivity index (χ4n) is 2.51. The molecule has 2 heterocycles. The maximum atomic E-state index is 12.6. The van der Waals surface area contributed by atoms with Crippen molar-refractivity contribution in [3.8, 4) is 0 Å². The molecule has 0 aliphatic heterocycles. The number of H-pyrrole nitrogens is 1. The van der Waals surface area contributed by atoms with Gasteiger partial charge in [-0.2, -0.15) is 5.10 Å². The molecule has 0 saturated heterocycles. The van der Waals surface area contributed by atoms with Crippen molar-refractivity contribution in [1.82, 2.24) is 14.8 Å². The number of ether oxygens (including phenoxy) is 1. The van der Waals surface area contributed by atoms with Crippen LogP contribution in [0.5, 0.6) is 0 Å². The number of aromatic amines is 1. The molecule has 0 aliphatic rings. The van der Waals surface area contributed by atoms with E-state index >= 15 is 0 Å². The minimum absolute atomic E-state index is 0.0456. The van der Waals surface area contributed by atoms with Crippen LogP contribution < -0.4 is 11.3 Å². The van der Waals surface area contributed by atoms with Crippen molar-refractivity contribution in [3.05, 3.63) is 34.6 Å². The lowest BCUT2D eigenvalue weighted by molar-refractivity contribution is 0.190. The summed E-state index contributed by atoms with van der Waals surface area (Å²) in [5.74, 6) is 0.483. The normalized spacial score (nSPS) is 11.4. The van der Waals surface area contributed by atoms with Crippen LogP contribution in [0.15, 0.2) is 29.1 Å². The number of anilines is 1. The van der Waals surface area contributed by atoms with Crippen molar-refractivity contribution in [1.29, 1.82) is 0 Å². The molecule has 0 aliphatic carbocycles. The van der Waals surface area contributed by atoms with Gasteiger partial charge < -0.3 is 10.5 Å². The molecule has 1 aromatic carbocycles. The number of hydrogen-bond acceptors (Lipinski definition) is 4. The molecular weight excluding hydrogens is 256 g/mol. The third kappa shape index (κ3) is 1.85. The van der Waals surface area contributed by atoms with Crippen LogP contribution in [-0.2, 0) is 11.3 Å². The van der Waals surface area contributed by atoms with E-state index in [1.54, 1.807) is 11.7 Å². The summed E-state index contributed by atoms with van der Waals surface area (Å²) in [6, 6.07) is 7.45. The highest BCUT2D eigenvalue weighted by Gasteiger charge is 2.14. The number of fused-ring (bicyclic) bond motifs is 3. The summed E-state index contributed by atoms with van der Waals surface area (Å²) in [4.78, 5) is 12.6. The summed E-state index contributed by atoms with van der Waals surface area (Å²) in [6.07, 6.45) is 0.747. The quantitative estimate of drug-likeness (QED) is 0.705. The van der Waals surface area contributed by atoms with Gasteiger partial charge in [0.05, 0.1) is 5.39 Å². The lowest BCUT2D eigenvalue weighted by atomic mass is 10.1. The summed E-state index contributed by atoms with van der Waals surface area (Å²) in [5, 5.41) is 9.24. The molecule has 3 aromatic rings. The molecule has 0 saturated carbocycles. The summed E-state index contributed by atoms with van der Waals surface area (Å²) in [6.45, 7) is 1.15. The fourth-order valence-corrected chi connectivity index (χ4v) is 2.51. The molecule has 0 radical (unpaired) electrons. The van der Waals surface area contributed by atoms with E-state index in [0.717, 1.165) is 17.2 Å². The van der Waals surface area contributed by atoms with Crippen molar-refractivity contribution in [2.24, 2.45) is 0 Å². The first-order chi connectivity index (χ1) is 9.74. The van der Waals surface area contributed by atoms with Crippen molar-refractivity contribution < 1.29 is 4.74 Å². The third-order valence-corrected chi connectivity index (χ3v) is 3.43. The van der Waals surface area contributed by atoms with Gasteiger partial charge in [0.2, 0.25) is 0 Å². The van der Waals surface area contributed by atoms with Crippen molar-refractivity contribution in [2.45, 2.75) is 13.0 Å². The number of nitrogens with zero attached hydrogens (tertiary/aromatic N) is 2. The lowest BCUT2D eigenvalue weighted by Crippen LogP contribution is -2.21. The summed E-state index contributed by atoms with van der Waals surface area (Å²) in [7, 11) is 1.64. The predicted molar refractivity (Wildman–Crippen MR) is 78.8 cm³/mol. The van der Waals surface area contributed by atoms with Gasteiger partial charge in [-0.3, -0.25) is 14.5 Å². The van der Waals surface area contributed by atoms with Gasteiger partial charge in [-0.15, -0.1) is 0 Å². The topological polar surface area (TPSA) is 85.9 Å². The van der Waals surface area contributed by atoms with E-state index in [1.165, 1.54) is 0 Å². The van der Waals surface area contributed by atoms with Crippen LogP contribution in [0.1, 0.15) is 6.42 Å². The Kier molecular flexibility index (Phi) is 3.15. The highest BCUT2D eigenvalue weighted by Crippen LogP contribution is 2.25. The number of pyridine rings is 1. The molecule has 0 bridgehead atoms. The molecule has 2 aromatic heterocycles. The number of nitrogen functional groups attached to an aromatic ring is 1. The highest BCUT2D eigenvalue weighted by atomic mass is 16.5. The largest absolute Gasteiger partial charge is 0.385 e. The van der Waals surface area contributed by atoms with Crippen LogP contribution in [0.3, 0.4) is 0 Å². The van der Waals surface area contributed by atoms with E-state index in [-0.39, 0.29) is 5.56 Å². The maximum Gasteiger partial charge on any atom is 0.260 e. The van der Waals surface area contributed by atoms with Gasteiger partial charge in [-0.05, 0) is 12.5 Å². The molecule has 0 amide bonds. The molecular formula is C14H16N4O2. The van der Waals surface area contributed by atoms with Crippen LogP contribution >= 0.6 is 0 Å². The molecule has 0 spiro atoms. The van der Waals surface area contributed by atoms with Gasteiger partial charge in [-0.1, -0.05) is 18.2 Å². The van der Waals surface area contributed by atoms with Gasteiger partial charge >= 0.3 is 0 Å². The number of benzene rings is 1. The van der Waals surface area contributed by atoms with Crippen LogP contribution in [0.4, 0.5) is 5.82 Å². The second-order valence-corrected chi connectivity index (χ2v) is 4.68. The van der Waals surface area contributed by atoms with Crippen LogP contribution in [0.25, 0.3) is 21.8 Å². The number of nitrogens with one attached hydrogen (secondary N) is 1. The van der Waals surface area contributed by atoms with Crippen LogP contribution in [-0.4, -0.2) is 28.5 Å². The number of nitrogens with two attached hydrogens (primary N) is 1. The summed E-state index contributed by atoms with van der Waals surface area (Å²) >= 11 is 0. The Morgan fingerprint density at radius 3 is 2.85 bits per heavy atom. The standard InChI is InChI=1S/C14H16N4O2/c1-20-8-4-7-18-13-11(12(15)16-17-13)9-5-2-3-6-10(9)14(18)19/h2-3,5-6H,4,7-8H2,1H3,(H3,15,16,17). The van der Waals surface area contributed by atoms with Crippen molar-refractivity contribution >= 4 is 27.6 Å². The Bertz CT molecular complexity index is 819. The van der Waals surface area contributed by atoms with Gasteiger partial charge in [0.15, 0.2) is 5.65 Å². The van der Waals surface area contributed by atoms with Gasteiger partial charge in [0.25, 0.3) is 5.56 Å². The SMILES string of the molecule is COCCCn1c(=O)c2ccccc2c2c(N)[nH]nc21. The Balaban J connectivity index is 2.31. The average molecular weight is 272 g/mol. The number of rotatable bonds is 4. The zero-order valence-electron chi connectivity index (χ0n) is 11.2. The van der Waals surface area contributed by atoms with Gasteiger partial charge in [-0.25, -0.2) is 0 Å². The predicted octanol–water partition coefficient (Wildman–Crippen LogP) is 1.50. The van der Waals surface area contributed by atoms with E-state index < -0.39 is 0 Å². The Hall–Kier alpha value is -2.34. The molecule has 6 nitrogen and oxygen atoms in total. The zero-order chi connectivity index (χ0) is 14.1. The van der Waals surface area contributed by atoms with Crippen LogP contribution in [0, 0.1) is 0 Å². The first-order valence-electron chi connectivity index (χ1n) is 6.48. The highest BCUT2D eigenvalue weighted by molar-refractivity contribution is 6.09. The minimum Gasteiger partial charge on any atom is -0.385 e. The zero-order valence-corrected chi connectivity index (χ0v) is 11.2. The van der Waals surface area contributed by atoms with E-state index in [2.05, 4.69) is 10.2 Å². The monoisotopic (exact) mass is 272 g/mol. The van der Waals surface area contributed by atoms with Crippen molar-refractivity contribution in [3.63, 3.8) is 0 Å². The second-order valence-electron chi connectivity index (χ2n) is 4.68. The minimum atomic E-state index is -0.0456. The Labute approximate surface area is 115 Å². The second kappa shape index (κ2) is 4.97. The number of methoxy groups -OCH3 is 1. The molecule has 6 heteroatoms. The van der Waals surface area contributed by atoms with E-state index in [1.807, 2.05) is 24.3 Å². The van der Waals surface area contributed by atoms with Gasteiger partial charge in [0.1, 0.15) is 5.82 Å². The summed E-state index contributed by atoms with van der Waals surface area (Å²) < 4.78 is 6.70. The number of aryl methyl sites for hydroxylation is 1. The smallest absolute Gasteiger partial charge is 0.260 e. The molecule has 3 rings (SSSR count). The maximum absolute atomic E-state index is 12.6. The van der Waals surface area contributed by atoms with E-state index in [4.69, 9.17) is 10.5 Å². The third-order valence-electron chi connectivity index (χ3n) is 3.43. The lowest BCUT2D eigenvalue weighted by Gasteiger charge is -2.09. The Morgan fingerprint density at radius 2 is 2.10 bits per heavy atom. The summed E-state index contributed by atoms with van der Waals surface area (Å²) in [5.41, 5.74) is 6.51. The fraction of sp³-hybridized carbons (Fsp3) is 0.286. The molecule has 0 fully saturated rings. The first kappa shape index (κ1) is 12.7. The molecule has 0 unspecified atom stereocenters. The van der Waals surface area contributed by atoms with E-state index in [0.29, 0.717) is 30.0 Å². The van der Waals surface area contributed by atoms with Gasteiger partial charge in [0, 0.05) is 31.0 Å². The molecule has 20 heavy (non-hydrogen) atoms. The number of hydrogen-bond donors (Lipinski definition) is 2. The molecule has 104 valence electrons. The number of aromatic nitrogens is 3.